The van der Waals surface area contributed by atoms with Gasteiger partial charge < -0.3 is 20.7 Å². The van der Waals surface area contributed by atoms with Gasteiger partial charge in [-0.15, -0.1) is 11.8 Å². The Kier molecular flexibility index (Phi) is 11.1. The number of esters is 1. The van der Waals surface area contributed by atoms with Crippen LogP contribution in [0.25, 0.3) is 6.08 Å². The lowest BCUT2D eigenvalue weighted by Gasteiger charge is -2.12. The van der Waals surface area contributed by atoms with Crippen LogP contribution in [0.5, 0.6) is 0 Å². The molecule has 4 rings (SSSR count). The number of hydrogen-bond donors (Lipinski definition) is 3. The predicted molar refractivity (Wildman–Crippen MR) is 175 cm³/mol. The maximum Gasteiger partial charge on any atom is 0.339 e. The number of rotatable bonds is 11. The van der Waals surface area contributed by atoms with Crippen LogP contribution >= 0.6 is 11.8 Å². The molecule has 8 nitrogen and oxygen atoms in total. The summed E-state index contributed by atoms with van der Waals surface area (Å²) in [5.74, 6) is -1.22. The van der Waals surface area contributed by atoms with Gasteiger partial charge in [-0.2, -0.15) is 0 Å². The van der Waals surface area contributed by atoms with E-state index >= 15 is 0 Å². The molecule has 0 aliphatic rings. The number of thioether (sulfide) groups is 1. The fraction of sp³-hybridized carbons (Fsp3) is 0.143. The highest BCUT2D eigenvalue weighted by molar-refractivity contribution is 8.00. The Morgan fingerprint density at radius 3 is 2.11 bits per heavy atom. The Bertz CT molecular complexity index is 1650. The molecular formula is C35H33N3O5S. The molecule has 224 valence electrons. The number of para-hydroxylation sites is 1. The van der Waals surface area contributed by atoms with Gasteiger partial charge in [-0.05, 0) is 71.7 Å². The van der Waals surface area contributed by atoms with E-state index in [9.17, 15) is 19.2 Å². The summed E-state index contributed by atoms with van der Waals surface area (Å²) in [4.78, 5) is 51.6. The summed E-state index contributed by atoms with van der Waals surface area (Å²) < 4.78 is 4.77. The summed E-state index contributed by atoms with van der Waals surface area (Å²) >= 11 is 1.30. The van der Waals surface area contributed by atoms with Crippen LogP contribution < -0.4 is 16.0 Å². The number of carbonyl (C=O) groups excluding carboxylic acids is 4. The summed E-state index contributed by atoms with van der Waals surface area (Å²) in [5, 5.41) is 8.34. The third-order valence-electron chi connectivity index (χ3n) is 6.53. The molecule has 3 N–H and O–H groups in total. The minimum Gasteiger partial charge on any atom is -0.465 e. The normalized spacial score (nSPS) is 11.0. The zero-order valence-electron chi connectivity index (χ0n) is 24.6. The van der Waals surface area contributed by atoms with Crippen molar-refractivity contribution < 1.29 is 23.9 Å². The maximum absolute atomic E-state index is 13.3. The lowest BCUT2D eigenvalue weighted by molar-refractivity contribution is -0.114. The first kappa shape index (κ1) is 31.8. The molecule has 9 heteroatoms. The van der Waals surface area contributed by atoms with E-state index in [0.717, 1.165) is 10.5 Å². The molecule has 4 aromatic carbocycles. The molecule has 0 spiro atoms. The van der Waals surface area contributed by atoms with Gasteiger partial charge in [0.25, 0.3) is 11.8 Å². The zero-order chi connectivity index (χ0) is 31.5. The van der Waals surface area contributed by atoms with Crippen molar-refractivity contribution >= 4 is 52.9 Å². The zero-order valence-corrected chi connectivity index (χ0v) is 25.4. The van der Waals surface area contributed by atoms with Crippen molar-refractivity contribution in [2.75, 3.05) is 23.5 Å². The van der Waals surface area contributed by atoms with Crippen molar-refractivity contribution in [3.63, 3.8) is 0 Å². The number of hydrogen-bond acceptors (Lipinski definition) is 6. The third-order valence-corrected chi connectivity index (χ3v) is 7.54. The summed E-state index contributed by atoms with van der Waals surface area (Å²) in [6.07, 6.45) is 1.64. The Balaban J connectivity index is 1.41. The van der Waals surface area contributed by atoms with Gasteiger partial charge in [0.15, 0.2) is 0 Å². The number of anilines is 2. The number of ether oxygens (including phenoxy) is 1. The summed E-state index contributed by atoms with van der Waals surface area (Å²) in [6, 6.07) is 30.1. The van der Waals surface area contributed by atoms with E-state index < -0.39 is 17.8 Å². The quantitative estimate of drug-likeness (QED) is 0.0989. The summed E-state index contributed by atoms with van der Waals surface area (Å²) in [7, 11) is 1.28. The van der Waals surface area contributed by atoms with Gasteiger partial charge in [0.05, 0.1) is 24.1 Å². The van der Waals surface area contributed by atoms with Crippen molar-refractivity contribution in [2.24, 2.45) is 0 Å². The first-order valence-corrected chi connectivity index (χ1v) is 14.9. The maximum atomic E-state index is 13.3. The van der Waals surface area contributed by atoms with Crippen molar-refractivity contribution in [1.29, 1.82) is 0 Å². The lowest BCUT2D eigenvalue weighted by Crippen LogP contribution is -2.30. The fourth-order valence-electron chi connectivity index (χ4n) is 4.13. The molecule has 0 saturated carbocycles. The number of carbonyl (C=O) groups is 4. The molecule has 0 aromatic heterocycles. The second-order valence-corrected chi connectivity index (χ2v) is 11.1. The highest BCUT2D eigenvalue weighted by atomic mass is 32.2. The third kappa shape index (κ3) is 8.92. The average Bonchev–Trinajstić information content (AvgIpc) is 3.04. The molecule has 4 aromatic rings. The standard InChI is InChI=1S/C35H33N3O5S/c1-23(2)25-15-13-24(14-16-25)21-31(38-33(40)26-9-5-4-6-10-26)34(41)36-27-17-19-28(20-18-27)44-22-32(39)37-30-12-8-7-11-29(30)35(42)43-3/h4-21,23H,22H2,1-3H3,(H,36,41)(H,37,39)(H,38,40)/b31-21-. The van der Waals surface area contributed by atoms with Gasteiger partial charge in [0.1, 0.15) is 5.70 Å². The van der Waals surface area contributed by atoms with E-state index in [1.54, 1.807) is 78.9 Å². The molecule has 0 aliphatic heterocycles. The Morgan fingerprint density at radius 2 is 1.45 bits per heavy atom. The minimum atomic E-state index is -0.534. The lowest BCUT2D eigenvalue weighted by atomic mass is 10.0. The van der Waals surface area contributed by atoms with Crippen LogP contribution in [-0.2, 0) is 14.3 Å². The van der Waals surface area contributed by atoms with Crippen LogP contribution in [0.4, 0.5) is 11.4 Å². The number of benzene rings is 4. The second kappa shape index (κ2) is 15.4. The largest absolute Gasteiger partial charge is 0.465 e. The van der Waals surface area contributed by atoms with Gasteiger partial charge in [0, 0.05) is 16.1 Å². The highest BCUT2D eigenvalue weighted by Crippen LogP contribution is 2.23. The van der Waals surface area contributed by atoms with Gasteiger partial charge >= 0.3 is 5.97 Å². The number of methoxy groups -OCH3 is 1. The van der Waals surface area contributed by atoms with Crippen molar-refractivity contribution in [2.45, 2.75) is 24.7 Å². The highest BCUT2D eigenvalue weighted by Gasteiger charge is 2.16. The van der Waals surface area contributed by atoms with Crippen molar-refractivity contribution in [3.8, 4) is 0 Å². The number of nitrogens with one attached hydrogen (secondary N) is 3. The molecule has 0 fully saturated rings. The van der Waals surface area contributed by atoms with Crippen molar-refractivity contribution in [1.82, 2.24) is 5.32 Å². The molecule has 44 heavy (non-hydrogen) atoms. The van der Waals surface area contributed by atoms with E-state index in [4.69, 9.17) is 4.74 Å². The average molecular weight is 608 g/mol. The van der Waals surface area contributed by atoms with Crippen LogP contribution in [0.1, 0.15) is 51.6 Å². The number of amides is 3. The van der Waals surface area contributed by atoms with Gasteiger partial charge in [-0.3, -0.25) is 14.4 Å². The molecule has 0 heterocycles. The molecule has 0 aliphatic carbocycles. The predicted octanol–water partition coefficient (Wildman–Crippen LogP) is 6.74. The molecule has 0 bridgehead atoms. The second-order valence-electron chi connectivity index (χ2n) is 10.1. The van der Waals surface area contributed by atoms with Gasteiger partial charge in [0.2, 0.25) is 5.91 Å². The minimum absolute atomic E-state index is 0.0958. The van der Waals surface area contributed by atoms with Gasteiger partial charge in [-0.25, -0.2) is 4.79 Å². The van der Waals surface area contributed by atoms with Crippen LogP contribution in [0.2, 0.25) is 0 Å². The molecule has 0 atom stereocenters. The van der Waals surface area contributed by atoms with Crippen molar-refractivity contribution in [3.05, 3.63) is 131 Å². The van der Waals surface area contributed by atoms with E-state index in [-0.39, 0.29) is 22.9 Å². The van der Waals surface area contributed by atoms with Gasteiger partial charge in [-0.1, -0.05) is 68.4 Å². The monoisotopic (exact) mass is 607 g/mol. The first-order valence-electron chi connectivity index (χ1n) is 13.9. The van der Waals surface area contributed by atoms with E-state index in [1.165, 1.54) is 24.4 Å². The SMILES string of the molecule is COC(=O)c1ccccc1NC(=O)CSc1ccc(NC(=O)/C(=C/c2ccc(C(C)C)cc2)NC(=O)c2ccccc2)cc1. The smallest absolute Gasteiger partial charge is 0.339 e. The Labute approximate surface area is 260 Å². The Hall–Kier alpha value is -5.15. The van der Waals surface area contributed by atoms with Crippen LogP contribution in [0, 0.1) is 0 Å². The fourth-order valence-corrected chi connectivity index (χ4v) is 4.83. The molecule has 0 unspecified atom stereocenters. The topological polar surface area (TPSA) is 114 Å². The summed E-state index contributed by atoms with van der Waals surface area (Å²) in [6.45, 7) is 4.21. The first-order chi connectivity index (χ1) is 21.2. The molecule has 3 amide bonds. The molecule has 0 radical (unpaired) electrons. The van der Waals surface area contributed by atoms with E-state index in [1.807, 2.05) is 30.3 Å². The van der Waals surface area contributed by atoms with Crippen LogP contribution in [0.3, 0.4) is 0 Å². The Morgan fingerprint density at radius 1 is 0.795 bits per heavy atom. The van der Waals surface area contributed by atoms with Crippen LogP contribution in [-0.4, -0.2) is 36.6 Å². The van der Waals surface area contributed by atoms with Crippen LogP contribution in [0.15, 0.2) is 114 Å². The van der Waals surface area contributed by atoms with E-state index in [0.29, 0.717) is 22.9 Å². The molecular weight excluding hydrogens is 574 g/mol. The van der Waals surface area contributed by atoms with E-state index in [2.05, 4.69) is 29.8 Å². The summed E-state index contributed by atoms with van der Waals surface area (Å²) in [5.41, 5.74) is 3.64. The molecule has 0 saturated heterocycles.